The monoisotopic (exact) mass is 381 g/mol. The molecule has 2 aromatic carbocycles. The first kappa shape index (κ1) is 19.1. The van der Waals surface area contributed by atoms with Crippen molar-refractivity contribution in [1.82, 2.24) is 0 Å². The molecular formula is C17H20ClN3O3S. The SMILES string of the molecule is Cc1cccc(S(=O)(=O)CCC(Cl)N(C(N)=O)c2ccccc2N)c1. The van der Waals surface area contributed by atoms with Gasteiger partial charge in [0.2, 0.25) is 0 Å². The third-order valence-corrected chi connectivity index (χ3v) is 5.85. The summed E-state index contributed by atoms with van der Waals surface area (Å²) in [6.07, 6.45) is 0.00903. The normalized spacial score (nSPS) is 12.6. The Morgan fingerprint density at radius 3 is 2.48 bits per heavy atom. The van der Waals surface area contributed by atoms with E-state index in [0.29, 0.717) is 11.4 Å². The van der Waals surface area contributed by atoms with E-state index in [9.17, 15) is 13.2 Å². The fourth-order valence-electron chi connectivity index (χ4n) is 2.42. The minimum atomic E-state index is -3.52. The number of benzene rings is 2. The number of aryl methyl sites for hydroxylation is 1. The second kappa shape index (κ2) is 7.76. The van der Waals surface area contributed by atoms with Gasteiger partial charge in [-0.05, 0) is 43.2 Å². The number of halogens is 1. The molecule has 8 heteroatoms. The van der Waals surface area contributed by atoms with Gasteiger partial charge < -0.3 is 11.5 Å². The average Bonchev–Trinajstić information content (AvgIpc) is 2.55. The first-order valence-corrected chi connectivity index (χ1v) is 9.68. The molecule has 2 amide bonds. The quantitative estimate of drug-likeness (QED) is 0.455. The summed E-state index contributed by atoms with van der Waals surface area (Å²) in [6, 6.07) is 12.4. The zero-order chi connectivity index (χ0) is 18.6. The summed E-state index contributed by atoms with van der Waals surface area (Å²) in [5.74, 6) is -0.221. The molecule has 0 saturated carbocycles. The number of carbonyl (C=O) groups is 1. The van der Waals surface area contributed by atoms with Crippen LogP contribution < -0.4 is 16.4 Å². The summed E-state index contributed by atoms with van der Waals surface area (Å²) < 4.78 is 24.9. The van der Waals surface area contributed by atoms with Gasteiger partial charge in [-0.3, -0.25) is 4.90 Å². The summed E-state index contributed by atoms with van der Waals surface area (Å²) in [6.45, 7) is 1.82. The van der Waals surface area contributed by atoms with Crippen molar-refractivity contribution in [2.24, 2.45) is 5.73 Å². The molecule has 0 aliphatic carbocycles. The molecule has 0 saturated heterocycles. The lowest BCUT2D eigenvalue weighted by Crippen LogP contribution is -2.42. The van der Waals surface area contributed by atoms with Crippen molar-refractivity contribution in [3.05, 3.63) is 54.1 Å². The van der Waals surface area contributed by atoms with Crippen molar-refractivity contribution in [3.8, 4) is 0 Å². The molecule has 2 aromatic rings. The maximum absolute atomic E-state index is 12.5. The van der Waals surface area contributed by atoms with E-state index in [1.54, 1.807) is 36.4 Å². The van der Waals surface area contributed by atoms with Crippen LogP contribution >= 0.6 is 11.6 Å². The molecule has 1 atom stereocenters. The highest BCUT2D eigenvalue weighted by atomic mass is 35.5. The van der Waals surface area contributed by atoms with Gasteiger partial charge in [-0.1, -0.05) is 35.9 Å². The molecule has 0 heterocycles. The van der Waals surface area contributed by atoms with E-state index in [-0.39, 0.29) is 17.1 Å². The highest BCUT2D eigenvalue weighted by Crippen LogP contribution is 2.27. The first-order chi connectivity index (χ1) is 11.7. The number of alkyl halides is 1. The number of nitrogen functional groups attached to an aromatic ring is 1. The molecule has 0 bridgehead atoms. The van der Waals surface area contributed by atoms with E-state index < -0.39 is 21.4 Å². The minimum absolute atomic E-state index is 0.00903. The number of carbonyl (C=O) groups excluding carboxylic acids is 1. The lowest BCUT2D eigenvalue weighted by Gasteiger charge is -2.27. The van der Waals surface area contributed by atoms with Gasteiger partial charge in [-0.15, -0.1) is 0 Å². The number of para-hydroxylation sites is 2. The fourth-order valence-corrected chi connectivity index (χ4v) is 4.28. The molecule has 2 rings (SSSR count). The van der Waals surface area contributed by atoms with Crippen LogP contribution in [-0.4, -0.2) is 25.7 Å². The second-order valence-corrected chi connectivity index (χ2v) is 8.24. The van der Waals surface area contributed by atoms with E-state index >= 15 is 0 Å². The number of primary amides is 1. The second-order valence-electron chi connectivity index (χ2n) is 5.63. The Morgan fingerprint density at radius 1 is 1.20 bits per heavy atom. The van der Waals surface area contributed by atoms with Crippen molar-refractivity contribution >= 4 is 38.8 Å². The third-order valence-electron chi connectivity index (χ3n) is 3.69. The number of nitrogens with zero attached hydrogens (tertiary/aromatic N) is 1. The van der Waals surface area contributed by atoms with E-state index in [0.717, 1.165) is 10.5 Å². The van der Waals surface area contributed by atoms with Gasteiger partial charge in [0, 0.05) is 0 Å². The van der Waals surface area contributed by atoms with Crippen LogP contribution in [0.5, 0.6) is 0 Å². The number of hydrogen-bond donors (Lipinski definition) is 2. The molecule has 0 radical (unpaired) electrons. The van der Waals surface area contributed by atoms with E-state index in [1.165, 1.54) is 6.07 Å². The molecule has 25 heavy (non-hydrogen) atoms. The highest BCUT2D eigenvalue weighted by molar-refractivity contribution is 7.91. The van der Waals surface area contributed by atoms with Crippen LogP contribution in [0.4, 0.5) is 16.2 Å². The van der Waals surface area contributed by atoms with Crippen LogP contribution in [-0.2, 0) is 9.84 Å². The van der Waals surface area contributed by atoms with Crippen LogP contribution in [0.15, 0.2) is 53.4 Å². The van der Waals surface area contributed by atoms with E-state index in [1.807, 2.05) is 13.0 Å². The van der Waals surface area contributed by atoms with Gasteiger partial charge >= 0.3 is 6.03 Å². The van der Waals surface area contributed by atoms with E-state index in [2.05, 4.69) is 0 Å². The summed E-state index contributed by atoms with van der Waals surface area (Å²) >= 11 is 6.28. The Kier molecular flexibility index (Phi) is 5.92. The van der Waals surface area contributed by atoms with Crippen LogP contribution in [0.25, 0.3) is 0 Å². The highest BCUT2D eigenvalue weighted by Gasteiger charge is 2.25. The van der Waals surface area contributed by atoms with Gasteiger partial charge in [-0.2, -0.15) is 0 Å². The van der Waals surface area contributed by atoms with Crippen LogP contribution in [0.2, 0.25) is 0 Å². The number of hydrogen-bond acceptors (Lipinski definition) is 4. The number of nitrogens with two attached hydrogens (primary N) is 2. The van der Waals surface area contributed by atoms with Crippen LogP contribution in [0.1, 0.15) is 12.0 Å². The molecule has 0 aliphatic heterocycles. The maximum Gasteiger partial charge on any atom is 0.320 e. The smallest absolute Gasteiger partial charge is 0.320 e. The zero-order valence-corrected chi connectivity index (χ0v) is 15.3. The average molecular weight is 382 g/mol. The van der Waals surface area contributed by atoms with Crippen molar-refractivity contribution in [2.75, 3.05) is 16.4 Å². The molecule has 4 N–H and O–H groups in total. The van der Waals surface area contributed by atoms with Crippen molar-refractivity contribution < 1.29 is 13.2 Å². The Hall–Kier alpha value is -2.25. The molecule has 0 fully saturated rings. The Morgan fingerprint density at radius 2 is 1.88 bits per heavy atom. The fraction of sp³-hybridized carbons (Fsp3) is 0.235. The predicted molar refractivity (Wildman–Crippen MR) is 100 cm³/mol. The lowest BCUT2D eigenvalue weighted by molar-refractivity contribution is 0.253. The molecule has 1 unspecified atom stereocenters. The Balaban J connectivity index is 2.18. The van der Waals surface area contributed by atoms with E-state index in [4.69, 9.17) is 23.1 Å². The number of anilines is 2. The van der Waals surface area contributed by atoms with Crippen LogP contribution in [0, 0.1) is 6.92 Å². The molecule has 6 nitrogen and oxygen atoms in total. The maximum atomic E-state index is 12.5. The summed E-state index contributed by atoms with van der Waals surface area (Å²) in [7, 11) is -3.52. The van der Waals surface area contributed by atoms with Gasteiger partial charge in [0.15, 0.2) is 9.84 Å². The first-order valence-electron chi connectivity index (χ1n) is 7.59. The number of rotatable bonds is 6. The number of amides is 2. The Bertz CT molecular complexity index is 871. The summed E-state index contributed by atoms with van der Waals surface area (Å²) in [5, 5.41) is 0. The standard InChI is InChI=1S/C17H20ClN3O3S/c1-12-5-4-6-13(11-12)25(23,24)10-9-16(18)21(17(20)22)15-8-3-2-7-14(15)19/h2-8,11,16H,9-10,19H2,1H3,(H2,20,22). The number of urea groups is 1. The van der Waals surface area contributed by atoms with Crippen molar-refractivity contribution in [2.45, 2.75) is 23.7 Å². The molecular weight excluding hydrogens is 362 g/mol. The molecule has 0 spiro atoms. The Labute approximate surface area is 152 Å². The van der Waals surface area contributed by atoms with Gasteiger partial charge in [0.05, 0.1) is 22.0 Å². The predicted octanol–water partition coefficient (Wildman–Crippen LogP) is 2.89. The number of sulfone groups is 1. The van der Waals surface area contributed by atoms with Gasteiger partial charge in [0.1, 0.15) is 5.50 Å². The largest absolute Gasteiger partial charge is 0.397 e. The molecule has 134 valence electrons. The lowest BCUT2D eigenvalue weighted by atomic mass is 10.2. The van der Waals surface area contributed by atoms with Crippen molar-refractivity contribution in [3.63, 3.8) is 0 Å². The summed E-state index contributed by atoms with van der Waals surface area (Å²) in [5.41, 5.74) is 11.8. The van der Waals surface area contributed by atoms with Crippen LogP contribution in [0.3, 0.4) is 0 Å². The van der Waals surface area contributed by atoms with Gasteiger partial charge in [-0.25, -0.2) is 13.2 Å². The molecule has 0 aromatic heterocycles. The van der Waals surface area contributed by atoms with Gasteiger partial charge in [0.25, 0.3) is 0 Å². The third kappa shape index (κ3) is 4.64. The topological polar surface area (TPSA) is 106 Å². The summed E-state index contributed by atoms with van der Waals surface area (Å²) in [4.78, 5) is 13.1. The van der Waals surface area contributed by atoms with Crippen molar-refractivity contribution in [1.29, 1.82) is 0 Å². The minimum Gasteiger partial charge on any atom is -0.397 e. The zero-order valence-electron chi connectivity index (χ0n) is 13.7. The molecule has 0 aliphatic rings.